The maximum Gasteiger partial charge on any atom is 0.407 e. The molecule has 1 aliphatic rings. The van der Waals surface area contributed by atoms with Crippen LogP contribution in [0.2, 0.25) is 0 Å². The third-order valence-electron chi connectivity index (χ3n) is 3.29. The zero-order valence-corrected chi connectivity index (χ0v) is 11.1. The minimum absolute atomic E-state index is 0.165. The second kappa shape index (κ2) is 5.68. The summed E-state index contributed by atoms with van der Waals surface area (Å²) in [6.07, 6.45) is -0.347. The number of nitrogen functional groups attached to an aromatic ring is 1. The van der Waals surface area contributed by atoms with E-state index in [1.807, 2.05) is 0 Å². The van der Waals surface area contributed by atoms with Gasteiger partial charge in [0.05, 0.1) is 12.8 Å². The highest BCUT2D eigenvalue weighted by Crippen LogP contribution is 2.22. The zero-order chi connectivity index (χ0) is 14.7. The molecule has 7 nitrogen and oxygen atoms in total. The van der Waals surface area contributed by atoms with Crippen molar-refractivity contribution in [1.29, 1.82) is 0 Å². The van der Waals surface area contributed by atoms with Crippen molar-refractivity contribution in [1.82, 2.24) is 10.2 Å². The summed E-state index contributed by atoms with van der Waals surface area (Å²) >= 11 is 0. The van der Waals surface area contributed by atoms with Gasteiger partial charge in [0.15, 0.2) is 0 Å². The molecule has 0 radical (unpaired) electrons. The van der Waals surface area contributed by atoms with Crippen LogP contribution in [-0.4, -0.2) is 48.2 Å². The number of anilines is 1. The van der Waals surface area contributed by atoms with Crippen LogP contribution in [0.4, 0.5) is 10.5 Å². The minimum Gasteiger partial charge on any atom is -0.495 e. The van der Waals surface area contributed by atoms with Gasteiger partial charge in [-0.05, 0) is 24.6 Å². The van der Waals surface area contributed by atoms with Crippen LogP contribution in [0.15, 0.2) is 18.2 Å². The highest BCUT2D eigenvalue weighted by Gasteiger charge is 2.27. The van der Waals surface area contributed by atoms with Gasteiger partial charge in [-0.25, -0.2) is 4.79 Å². The number of benzene rings is 1. The number of rotatable bonds is 3. The molecule has 1 aliphatic heterocycles. The smallest absolute Gasteiger partial charge is 0.407 e. The molecule has 7 heteroatoms. The lowest BCUT2D eigenvalue weighted by atomic mass is 10.1. The monoisotopic (exact) mass is 279 g/mol. The van der Waals surface area contributed by atoms with E-state index in [4.69, 9.17) is 15.6 Å². The molecule has 0 spiro atoms. The number of ether oxygens (including phenoxy) is 1. The largest absolute Gasteiger partial charge is 0.495 e. The number of amides is 2. The lowest BCUT2D eigenvalue weighted by Gasteiger charge is -2.14. The van der Waals surface area contributed by atoms with Crippen molar-refractivity contribution in [2.45, 2.75) is 12.5 Å². The molecule has 1 heterocycles. The molecule has 1 atom stereocenters. The van der Waals surface area contributed by atoms with Gasteiger partial charge in [-0.1, -0.05) is 0 Å². The third-order valence-corrected chi connectivity index (χ3v) is 3.29. The van der Waals surface area contributed by atoms with E-state index in [0.717, 1.165) is 0 Å². The maximum atomic E-state index is 12.1. The van der Waals surface area contributed by atoms with Gasteiger partial charge in [0.25, 0.3) is 5.91 Å². The molecule has 0 saturated carbocycles. The molecule has 108 valence electrons. The number of nitrogens with two attached hydrogens (primary N) is 1. The van der Waals surface area contributed by atoms with Crippen LogP contribution in [0.3, 0.4) is 0 Å². The van der Waals surface area contributed by atoms with E-state index < -0.39 is 6.09 Å². The van der Waals surface area contributed by atoms with Crippen LogP contribution in [0.25, 0.3) is 0 Å². The van der Waals surface area contributed by atoms with E-state index in [9.17, 15) is 9.59 Å². The number of carbonyl (C=O) groups is 2. The molecule has 0 aliphatic carbocycles. The fourth-order valence-electron chi connectivity index (χ4n) is 2.17. The summed E-state index contributed by atoms with van der Waals surface area (Å²) < 4.78 is 5.06. The third kappa shape index (κ3) is 2.93. The normalized spacial score (nSPS) is 17.9. The van der Waals surface area contributed by atoms with Gasteiger partial charge in [0, 0.05) is 24.7 Å². The molecule has 2 rings (SSSR count). The second-order valence-electron chi connectivity index (χ2n) is 4.64. The van der Waals surface area contributed by atoms with Crippen molar-refractivity contribution in [3.63, 3.8) is 0 Å². The Kier molecular flexibility index (Phi) is 3.97. The van der Waals surface area contributed by atoms with E-state index >= 15 is 0 Å². The molecule has 1 aromatic carbocycles. The number of carbonyl (C=O) groups excluding carboxylic acids is 1. The van der Waals surface area contributed by atoms with E-state index in [1.165, 1.54) is 12.0 Å². The Bertz CT molecular complexity index is 532. The van der Waals surface area contributed by atoms with Crippen molar-refractivity contribution in [2.24, 2.45) is 0 Å². The zero-order valence-electron chi connectivity index (χ0n) is 11.1. The van der Waals surface area contributed by atoms with Gasteiger partial charge in [-0.15, -0.1) is 0 Å². The molecule has 1 saturated heterocycles. The number of hydrogen-bond acceptors (Lipinski definition) is 4. The predicted octanol–water partition coefficient (Wildman–Crippen LogP) is 0.760. The standard InChI is InChI=1S/C13H17N3O4/c1-20-11-6-8(2-3-10(11)14)12(17)15-9-4-5-16(7-9)13(18)19/h2-3,6,9H,4-5,7,14H2,1H3,(H,15,17)(H,18,19)/t9-/m1/s1. The molecule has 1 fully saturated rings. The van der Waals surface area contributed by atoms with Crippen molar-refractivity contribution in [3.05, 3.63) is 23.8 Å². The number of methoxy groups -OCH3 is 1. The van der Waals surface area contributed by atoms with Crippen LogP contribution in [-0.2, 0) is 0 Å². The van der Waals surface area contributed by atoms with Gasteiger partial charge < -0.3 is 25.8 Å². The van der Waals surface area contributed by atoms with Crippen LogP contribution in [0.1, 0.15) is 16.8 Å². The van der Waals surface area contributed by atoms with Gasteiger partial charge >= 0.3 is 6.09 Å². The fourth-order valence-corrected chi connectivity index (χ4v) is 2.17. The van der Waals surface area contributed by atoms with E-state index in [1.54, 1.807) is 18.2 Å². The average molecular weight is 279 g/mol. The first kappa shape index (κ1) is 14.0. The average Bonchev–Trinajstić information content (AvgIpc) is 2.88. The number of likely N-dealkylation sites (tertiary alicyclic amines) is 1. The van der Waals surface area contributed by atoms with Crippen molar-refractivity contribution in [2.75, 3.05) is 25.9 Å². The number of nitrogens with zero attached hydrogens (tertiary/aromatic N) is 1. The summed E-state index contributed by atoms with van der Waals surface area (Å²) in [5.41, 5.74) is 6.58. The fraction of sp³-hybridized carbons (Fsp3) is 0.385. The first-order valence-electron chi connectivity index (χ1n) is 6.23. The van der Waals surface area contributed by atoms with Crippen molar-refractivity contribution < 1.29 is 19.4 Å². The number of carboxylic acid groups (broad SMARTS) is 1. The van der Waals surface area contributed by atoms with Gasteiger partial charge in [-0.3, -0.25) is 4.79 Å². The van der Waals surface area contributed by atoms with Crippen molar-refractivity contribution in [3.8, 4) is 5.75 Å². The topological polar surface area (TPSA) is 105 Å². The second-order valence-corrected chi connectivity index (χ2v) is 4.64. The molecule has 0 unspecified atom stereocenters. The maximum absolute atomic E-state index is 12.1. The van der Waals surface area contributed by atoms with Gasteiger partial charge in [0.1, 0.15) is 5.75 Å². The lowest BCUT2D eigenvalue weighted by molar-refractivity contribution is 0.0935. The van der Waals surface area contributed by atoms with Crippen LogP contribution in [0.5, 0.6) is 5.75 Å². The Morgan fingerprint density at radius 2 is 2.25 bits per heavy atom. The molecular weight excluding hydrogens is 262 g/mol. The molecule has 0 aromatic heterocycles. The Balaban J connectivity index is 2.00. The number of nitrogens with one attached hydrogen (secondary N) is 1. The quantitative estimate of drug-likeness (QED) is 0.708. The summed E-state index contributed by atoms with van der Waals surface area (Å²) in [7, 11) is 1.48. The Hall–Kier alpha value is -2.44. The minimum atomic E-state index is -0.962. The number of hydrogen-bond donors (Lipinski definition) is 3. The summed E-state index contributed by atoms with van der Waals surface area (Å²) in [6.45, 7) is 0.749. The SMILES string of the molecule is COc1cc(C(=O)N[C@@H]2CCN(C(=O)O)C2)ccc1N. The molecule has 1 aromatic rings. The lowest BCUT2D eigenvalue weighted by Crippen LogP contribution is -2.38. The highest BCUT2D eigenvalue weighted by atomic mass is 16.5. The van der Waals surface area contributed by atoms with Gasteiger partial charge in [0.2, 0.25) is 0 Å². The van der Waals surface area contributed by atoms with E-state index in [2.05, 4.69) is 5.32 Å². The molecule has 0 bridgehead atoms. The molecule has 20 heavy (non-hydrogen) atoms. The Morgan fingerprint density at radius 1 is 1.50 bits per heavy atom. The van der Waals surface area contributed by atoms with Crippen LogP contribution >= 0.6 is 0 Å². The van der Waals surface area contributed by atoms with Crippen molar-refractivity contribution >= 4 is 17.7 Å². The summed E-state index contributed by atoms with van der Waals surface area (Å²) in [4.78, 5) is 24.2. The van der Waals surface area contributed by atoms with E-state index in [-0.39, 0.29) is 11.9 Å². The molecule has 2 amide bonds. The molecule has 4 N–H and O–H groups in total. The van der Waals surface area contributed by atoms with Gasteiger partial charge in [-0.2, -0.15) is 0 Å². The summed E-state index contributed by atoms with van der Waals surface area (Å²) in [5.74, 6) is 0.178. The molecular formula is C13H17N3O4. The first-order valence-corrected chi connectivity index (χ1v) is 6.23. The van der Waals surface area contributed by atoms with Crippen LogP contribution < -0.4 is 15.8 Å². The Labute approximate surface area is 116 Å². The summed E-state index contributed by atoms with van der Waals surface area (Å²) in [6, 6.07) is 4.61. The van der Waals surface area contributed by atoms with E-state index in [0.29, 0.717) is 36.5 Å². The summed E-state index contributed by atoms with van der Waals surface area (Å²) in [5, 5.41) is 11.7. The first-order chi connectivity index (χ1) is 9.51. The van der Waals surface area contributed by atoms with Crippen LogP contribution in [0, 0.1) is 0 Å². The highest BCUT2D eigenvalue weighted by molar-refractivity contribution is 5.95. The predicted molar refractivity (Wildman–Crippen MR) is 72.9 cm³/mol. The Morgan fingerprint density at radius 3 is 2.85 bits per heavy atom.